The Morgan fingerprint density at radius 1 is 0.889 bits per heavy atom. The number of benzene rings is 3. The van der Waals surface area contributed by atoms with Crippen LogP contribution in [0.5, 0.6) is 5.75 Å². The predicted octanol–water partition coefficient (Wildman–Crippen LogP) is 5.68. The molecule has 134 valence electrons. The summed E-state index contributed by atoms with van der Waals surface area (Å²) in [6, 6.07) is 24.6. The van der Waals surface area contributed by atoms with Gasteiger partial charge in [0.2, 0.25) is 0 Å². The molecule has 1 aromatic heterocycles. The van der Waals surface area contributed by atoms with Gasteiger partial charge in [-0.15, -0.1) is 0 Å². The summed E-state index contributed by atoms with van der Waals surface area (Å²) in [5, 5.41) is 0.979. The van der Waals surface area contributed by atoms with Gasteiger partial charge in [0.15, 0.2) is 0 Å². The zero-order valence-corrected chi connectivity index (χ0v) is 15.6. The Morgan fingerprint density at radius 3 is 2.48 bits per heavy atom. The molecule has 0 spiro atoms. The van der Waals surface area contributed by atoms with Gasteiger partial charge in [0, 0.05) is 16.8 Å². The standard InChI is InChI=1S/C24H22N2O/c1-16-7-10-20(11-8-16)27-15-19-5-3-4-6-21(19)18-9-12-24-22(14-18)23(25)13-17(2)26-24/h3-14H,15H2,1-2H3,(H2,25,26). The van der Waals surface area contributed by atoms with Crippen LogP contribution in [0.4, 0.5) is 5.69 Å². The topological polar surface area (TPSA) is 48.1 Å². The Bertz CT molecular complexity index is 1100. The molecule has 0 amide bonds. The van der Waals surface area contributed by atoms with E-state index in [0.717, 1.165) is 44.7 Å². The summed E-state index contributed by atoms with van der Waals surface area (Å²) in [7, 11) is 0. The molecule has 3 heteroatoms. The van der Waals surface area contributed by atoms with Crippen molar-refractivity contribution in [3.05, 3.63) is 89.6 Å². The Balaban J connectivity index is 1.68. The molecule has 2 N–H and O–H groups in total. The van der Waals surface area contributed by atoms with E-state index in [1.54, 1.807) is 0 Å². The Kier molecular flexibility index (Phi) is 4.51. The van der Waals surface area contributed by atoms with E-state index in [1.165, 1.54) is 5.56 Å². The first-order chi connectivity index (χ1) is 13.1. The van der Waals surface area contributed by atoms with Crippen LogP contribution in [0.3, 0.4) is 0 Å². The number of fused-ring (bicyclic) bond motifs is 1. The van der Waals surface area contributed by atoms with Crippen molar-refractivity contribution in [3.63, 3.8) is 0 Å². The zero-order valence-electron chi connectivity index (χ0n) is 15.6. The number of aromatic nitrogens is 1. The molecule has 27 heavy (non-hydrogen) atoms. The van der Waals surface area contributed by atoms with E-state index in [9.17, 15) is 0 Å². The molecule has 0 saturated heterocycles. The quantitative estimate of drug-likeness (QED) is 0.513. The van der Waals surface area contributed by atoms with E-state index in [2.05, 4.69) is 48.3 Å². The van der Waals surface area contributed by atoms with Gasteiger partial charge in [-0.05, 0) is 60.9 Å². The highest BCUT2D eigenvalue weighted by Gasteiger charge is 2.09. The number of rotatable bonds is 4. The van der Waals surface area contributed by atoms with Crippen molar-refractivity contribution in [3.8, 4) is 16.9 Å². The molecule has 0 unspecified atom stereocenters. The smallest absolute Gasteiger partial charge is 0.119 e. The Labute approximate surface area is 159 Å². The summed E-state index contributed by atoms with van der Waals surface area (Å²) >= 11 is 0. The molecule has 3 aromatic carbocycles. The van der Waals surface area contributed by atoms with Gasteiger partial charge in [0.25, 0.3) is 0 Å². The van der Waals surface area contributed by atoms with Gasteiger partial charge < -0.3 is 10.5 Å². The van der Waals surface area contributed by atoms with Gasteiger partial charge in [0.05, 0.1) is 5.52 Å². The number of hydrogen-bond acceptors (Lipinski definition) is 3. The molecule has 0 atom stereocenters. The van der Waals surface area contributed by atoms with Crippen molar-refractivity contribution >= 4 is 16.6 Å². The fraction of sp³-hybridized carbons (Fsp3) is 0.125. The summed E-state index contributed by atoms with van der Waals surface area (Å²) < 4.78 is 6.00. The molecule has 0 saturated carbocycles. The van der Waals surface area contributed by atoms with E-state index in [1.807, 2.05) is 43.3 Å². The molecule has 0 radical (unpaired) electrons. The van der Waals surface area contributed by atoms with Crippen LogP contribution in [-0.2, 0) is 6.61 Å². The number of aryl methyl sites for hydroxylation is 2. The van der Waals surface area contributed by atoms with Crippen LogP contribution in [0.1, 0.15) is 16.8 Å². The van der Waals surface area contributed by atoms with Gasteiger partial charge in [-0.25, -0.2) is 0 Å². The first kappa shape index (κ1) is 17.1. The van der Waals surface area contributed by atoms with Gasteiger partial charge in [-0.1, -0.05) is 48.0 Å². The molecular formula is C24H22N2O. The van der Waals surface area contributed by atoms with Crippen molar-refractivity contribution in [2.24, 2.45) is 0 Å². The lowest BCUT2D eigenvalue weighted by Gasteiger charge is -2.13. The normalized spacial score (nSPS) is 10.9. The van der Waals surface area contributed by atoms with Gasteiger partial charge >= 0.3 is 0 Å². The van der Waals surface area contributed by atoms with Crippen LogP contribution in [0, 0.1) is 13.8 Å². The van der Waals surface area contributed by atoms with Crippen molar-refractivity contribution in [2.45, 2.75) is 20.5 Å². The number of hydrogen-bond donors (Lipinski definition) is 1. The highest BCUT2D eigenvalue weighted by atomic mass is 16.5. The fourth-order valence-electron chi connectivity index (χ4n) is 3.28. The van der Waals surface area contributed by atoms with Crippen LogP contribution in [0.15, 0.2) is 72.8 Å². The number of nitrogens with two attached hydrogens (primary N) is 1. The maximum atomic E-state index is 6.22. The number of ether oxygens (including phenoxy) is 1. The van der Waals surface area contributed by atoms with E-state index in [4.69, 9.17) is 10.5 Å². The predicted molar refractivity (Wildman–Crippen MR) is 112 cm³/mol. The fourth-order valence-corrected chi connectivity index (χ4v) is 3.28. The SMILES string of the molecule is Cc1ccc(OCc2ccccc2-c2ccc3nc(C)cc(N)c3c2)cc1. The molecule has 0 fully saturated rings. The molecule has 0 bridgehead atoms. The number of anilines is 1. The molecule has 0 aliphatic rings. The lowest BCUT2D eigenvalue weighted by molar-refractivity contribution is 0.306. The maximum absolute atomic E-state index is 6.22. The van der Waals surface area contributed by atoms with Crippen molar-refractivity contribution in [1.82, 2.24) is 4.98 Å². The molecule has 3 nitrogen and oxygen atoms in total. The van der Waals surface area contributed by atoms with Gasteiger partial charge in [0.1, 0.15) is 12.4 Å². The number of nitrogens with zero attached hydrogens (tertiary/aromatic N) is 1. The first-order valence-corrected chi connectivity index (χ1v) is 9.05. The van der Waals surface area contributed by atoms with Crippen LogP contribution in [0.25, 0.3) is 22.0 Å². The molecule has 4 rings (SSSR count). The lowest BCUT2D eigenvalue weighted by atomic mass is 9.98. The minimum Gasteiger partial charge on any atom is -0.489 e. The summed E-state index contributed by atoms with van der Waals surface area (Å²) in [5.41, 5.74) is 13.4. The second kappa shape index (κ2) is 7.12. The second-order valence-corrected chi connectivity index (χ2v) is 6.84. The Morgan fingerprint density at radius 2 is 1.67 bits per heavy atom. The third kappa shape index (κ3) is 3.63. The molecule has 1 heterocycles. The van der Waals surface area contributed by atoms with Gasteiger partial charge in [-0.2, -0.15) is 0 Å². The average Bonchev–Trinajstić information content (AvgIpc) is 2.67. The highest BCUT2D eigenvalue weighted by molar-refractivity contribution is 5.93. The van der Waals surface area contributed by atoms with Crippen LogP contribution >= 0.6 is 0 Å². The summed E-state index contributed by atoms with van der Waals surface area (Å²) in [6.07, 6.45) is 0. The van der Waals surface area contributed by atoms with Gasteiger partial charge in [-0.3, -0.25) is 4.98 Å². The summed E-state index contributed by atoms with van der Waals surface area (Å²) in [5.74, 6) is 0.873. The number of nitrogen functional groups attached to an aromatic ring is 1. The molecule has 0 aliphatic heterocycles. The monoisotopic (exact) mass is 354 g/mol. The second-order valence-electron chi connectivity index (χ2n) is 6.84. The minimum atomic E-state index is 0.513. The summed E-state index contributed by atoms with van der Waals surface area (Å²) in [4.78, 5) is 4.57. The third-order valence-electron chi connectivity index (χ3n) is 4.71. The lowest BCUT2D eigenvalue weighted by Crippen LogP contribution is -1.98. The Hall–Kier alpha value is -3.33. The molecular weight excluding hydrogens is 332 g/mol. The summed E-state index contributed by atoms with van der Waals surface area (Å²) in [6.45, 7) is 4.54. The third-order valence-corrected chi connectivity index (χ3v) is 4.71. The van der Waals surface area contributed by atoms with Crippen molar-refractivity contribution in [2.75, 3.05) is 5.73 Å². The molecule has 4 aromatic rings. The minimum absolute atomic E-state index is 0.513. The molecule has 0 aliphatic carbocycles. The van der Waals surface area contributed by atoms with Crippen molar-refractivity contribution < 1.29 is 4.74 Å². The largest absolute Gasteiger partial charge is 0.489 e. The van der Waals surface area contributed by atoms with Crippen LogP contribution in [0.2, 0.25) is 0 Å². The highest BCUT2D eigenvalue weighted by Crippen LogP contribution is 2.30. The van der Waals surface area contributed by atoms with E-state index in [0.29, 0.717) is 6.61 Å². The maximum Gasteiger partial charge on any atom is 0.119 e. The van der Waals surface area contributed by atoms with E-state index < -0.39 is 0 Å². The zero-order chi connectivity index (χ0) is 18.8. The van der Waals surface area contributed by atoms with E-state index >= 15 is 0 Å². The number of pyridine rings is 1. The average molecular weight is 354 g/mol. The van der Waals surface area contributed by atoms with Crippen LogP contribution < -0.4 is 10.5 Å². The first-order valence-electron chi connectivity index (χ1n) is 9.05. The van der Waals surface area contributed by atoms with Crippen molar-refractivity contribution in [1.29, 1.82) is 0 Å². The van der Waals surface area contributed by atoms with Crippen LogP contribution in [-0.4, -0.2) is 4.98 Å². The van der Waals surface area contributed by atoms with E-state index in [-0.39, 0.29) is 0 Å².